The van der Waals surface area contributed by atoms with E-state index < -0.39 is 0 Å². The van der Waals surface area contributed by atoms with Gasteiger partial charge in [0.1, 0.15) is 0 Å². The molecule has 1 heterocycles. The van der Waals surface area contributed by atoms with Crippen LogP contribution in [0, 0.1) is 0 Å². The van der Waals surface area contributed by atoms with Gasteiger partial charge in [-0.2, -0.15) is 0 Å². The summed E-state index contributed by atoms with van der Waals surface area (Å²) in [4.78, 5) is 15.0. The van der Waals surface area contributed by atoms with Crippen LogP contribution in [0.5, 0.6) is 17.2 Å². The first-order chi connectivity index (χ1) is 13.5. The topological polar surface area (TPSA) is 57.2 Å². The summed E-state index contributed by atoms with van der Waals surface area (Å²) in [6.07, 6.45) is 0.690. The average molecular weight is 385 g/mol. The van der Waals surface area contributed by atoms with Gasteiger partial charge in [0, 0.05) is 25.1 Å². The number of benzene rings is 2. The van der Waals surface area contributed by atoms with Crippen LogP contribution in [0.2, 0.25) is 0 Å². The largest absolute Gasteiger partial charge is 0.493 e. The number of hydrogen-bond acceptors (Lipinski definition) is 5. The SMILES string of the molecule is COc1cc(C(=O)N2CC(C)OC(Cc3ccccc3)C2)cc(OC)c1OC. The highest BCUT2D eigenvalue weighted by molar-refractivity contribution is 5.95. The van der Waals surface area contributed by atoms with Gasteiger partial charge in [-0.25, -0.2) is 0 Å². The van der Waals surface area contributed by atoms with E-state index in [1.54, 1.807) is 19.2 Å². The lowest BCUT2D eigenvalue weighted by Crippen LogP contribution is -2.49. The van der Waals surface area contributed by atoms with E-state index in [4.69, 9.17) is 18.9 Å². The average Bonchev–Trinajstić information content (AvgIpc) is 2.72. The number of carbonyl (C=O) groups is 1. The fourth-order valence-electron chi connectivity index (χ4n) is 3.59. The van der Waals surface area contributed by atoms with Crippen molar-refractivity contribution in [3.05, 3.63) is 53.6 Å². The molecule has 2 aromatic rings. The summed E-state index contributed by atoms with van der Waals surface area (Å²) in [5.41, 5.74) is 1.70. The summed E-state index contributed by atoms with van der Waals surface area (Å²) in [6.45, 7) is 3.07. The number of morpholine rings is 1. The van der Waals surface area contributed by atoms with Gasteiger partial charge in [-0.15, -0.1) is 0 Å². The summed E-state index contributed by atoms with van der Waals surface area (Å²) < 4.78 is 22.2. The van der Waals surface area contributed by atoms with Crippen molar-refractivity contribution in [3.8, 4) is 17.2 Å². The Labute approximate surface area is 166 Å². The number of rotatable bonds is 6. The Bertz CT molecular complexity index is 783. The maximum atomic E-state index is 13.2. The number of hydrogen-bond donors (Lipinski definition) is 0. The number of nitrogens with zero attached hydrogens (tertiary/aromatic N) is 1. The maximum Gasteiger partial charge on any atom is 0.254 e. The Kier molecular flexibility index (Phi) is 6.41. The zero-order valence-electron chi connectivity index (χ0n) is 16.8. The quantitative estimate of drug-likeness (QED) is 0.764. The molecular formula is C22H27NO5. The van der Waals surface area contributed by atoms with Gasteiger partial charge in [0.25, 0.3) is 5.91 Å². The highest BCUT2D eigenvalue weighted by atomic mass is 16.5. The fraction of sp³-hybridized carbons (Fsp3) is 0.409. The van der Waals surface area contributed by atoms with Crippen LogP contribution in [-0.4, -0.2) is 57.4 Å². The third-order valence-electron chi connectivity index (χ3n) is 4.83. The van der Waals surface area contributed by atoms with E-state index in [-0.39, 0.29) is 18.1 Å². The van der Waals surface area contributed by atoms with Crippen molar-refractivity contribution in [2.24, 2.45) is 0 Å². The van der Waals surface area contributed by atoms with Crippen molar-refractivity contribution in [3.63, 3.8) is 0 Å². The monoisotopic (exact) mass is 385 g/mol. The Morgan fingerprint density at radius 3 is 2.25 bits per heavy atom. The first-order valence-electron chi connectivity index (χ1n) is 9.34. The lowest BCUT2D eigenvalue weighted by atomic mass is 10.0. The molecule has 0 aromatic heterocycles. The number of ether oxygens (including phenoxy) is 4. The first-order valence-corrected chi connectivity index (χ1v) is 9.34. The minimum absolute atomic E-state index is 0.0338. The zero-order valence-corrected chi connectivity index (χ0v) is 16.8. The second-order valence-electron chi connectivity index (χ2n) is 6.88. The second kappa shape index (κ2) is 8.97. The van der Waals surface area contributed by atoms with Crippen LogP contribution >= 0.6 is 0 Å². The fourth-order valence-corrected chi connectivity index (χ4v) is 3.59. The number of amides is 1. The van der Waals surface area contributed by atoms with E-state index in [0.717, 1.165) is 6.42 Å². The van der Waals surface area contributed by atoms with Crippen LogP contribution in [0.3, 0.4) is 0 Å². The molecule has 1 fully saturated rings. The molecule has 1 amide bonds. The van der Waals surface area contributed by atoms with Crippen molar-refractivity contribution in [2.45, 2.75) is 25.6 Å². The van der Waals surface area contributed by atoms with Gasteiger partial charge in [-0.05, 0) is 24.6 Å². The molecule has 1 aliphatic heterocycles. The lowest BCUT2D eigenvalue weighted by Gasteiger charge is -2.37. The zero-order chi connectivity index (χ0) is 20.1. The normalized spacial score (nSPS) is 19.2. The molecule has 1 aliphatic rings. The van der Waals surface area contributed by atoms with E-state index in [9.17, 15) is 4.79 Å². The molecule has 28 heavy (non-hydrogen) atoms. The predicted molar refractivity (Wildman–Crippen MR) is 106 cm³/mol. The molecule has 3 rings (SSSR count). The molecule has 0 N–H and O–H groups in total. The molecule has 2 aromatic carbocycles. The standard InChI is InChI=1S/C22H27NO5/c1-15-13-23(14-18(28-15)10-16-8-6-5-7-9-16)22(24)17-11-19(25-2)21(27-4)20(12-17)26-3/h5-9,11-12,15,18H,10,13-14H2,1-4H3. The molecule has 2 atom stereocenters. The summed E-state index contributed by atoms with van der Waals surface area (Å²) in [5.74, 6) is 1.33. The van der Waals surface area contributed by atoms with E-state index in [1.165, 1.54) is 19.8 Å². The summed E-state index contributed by atoms with van der Waals surface area (Å²) in [7, 11) is 4.62. The minimum atomic E-state index is -0.0764. The molecule has 1 saturated heterocycles. The van der Waals surface area contributed by atoms with Crippen LogP contribution in [0.25, 0.3) is 0 Å². The van der Waals surface area contributed by atoms with Crippen molar-refractivity contribution in [1.82, 2.24) is 4.90 Å². The molecule has 0 spiro atoms. The summed E-state index contributed by atoms with van der Waals surface area (Å²) in [6, 6.07) is 13.6. The van der Waals surface area contributed by atoms with Gasteiger partial charge in [-0.1, -0.05) is 30.3 Å². The van der Waals surface area contributed by atoms with Crippen LogP contribution < -0.4 is 14.2 Å². The lowest BCUT2D eigenvalue weighted by molar-refractivity contribution is -0.0664. The van der Waals surface area contributed by atoms with E-state index in [2.05, 4.69) is 12.1 Å². The summed E-state index contributed by atoms with van der Waals surface area (Å²) >= 11 is 0. The van der Waals surface area contributed by atoms with Crippen LogP contribution in [-0.2, 0) is 11.2 Å². The molecule has 0 saturated carbocycles. The van der Waals surface area contributed by atoms with Crippen molar-refractivity contribution >= 4 is 5.91 Å². The third-order valence-corrected chi connectivity index (χ3v) is 4.83. The van der Waals surface area contributed by atoms with Gasteiger partial charge in [0.05, 0.1) is 33.5 Å². The van der Waals surface area contributed by atoms with Gasteiger partial charge in [0.15, 0.2) is 11.5 Å². The van der Waals surface area contributed by atoms with E-state index >= 15 is 0 Å². The second-order valence-corrected chi connectivity index (χ2v) is 6.88. The Hall–Kier alpha value is -2.73. The molecule has 6 nitrogen and oxygen atoms in total. The molecule has 2 unspecified atom stereocenters. The Morgan fingerprint density at radius 1 is 1.04 bits per heavy atom. The van der Waals surface area contributed by atoms with Gasteiger partial charge in [0.2, 0.25) is 5.75 Å². The van der Waals surface area contributed by atoms with Gasteiger partial charge >= 0.3 is 0 Å². The van der Waals surface area contributed by atoms with E-state index in [0.29, 0.717) is 35.9 Å². The Balaban J connectivity index is 1.81. The number of methoxy groups -OCH3 is 3. The molecule has 0 bridgehead atoms. The van der Waals surface area contributed by atoms with E-state index in [1.807, 2.05) is 30.0 Å². The summed E-state index contributed by atoms with van der Waals surface area (Å²) in [5, 5.41) is 0. The van der Waals surface area contributed by atoms with Crippen LogP contribution in [0.4, 0.5) is 0 Å². The Morgan fingerprint density at radius 2 is 1.68 bits per heavy atom. The van der Waals surface area contributed by atoms with Gasteiger partial charge in [-0.3, -0.25) is 4.79 Å². The van der Waals surface area contributed by atoms with Crippen LogP contribution in [0.1, 0.15) is 22.8 Å². The molecule has 150 valence electrons. The highest BCUT2D eigenvalue weighted by Crippen LogP contribution is 2.38. The first kappa shape index (κ1) is 20.0. The molecule has 0 aliphatic carbocycles. The van der Waals surface area contributed by atoms with Gasteiger partial charge < -0.3 is 23.8 Å². The number of carbonyl (C=O) groups excluding carboxylic acids is 1. The molecular weight excluding hydrogens is 358 g/mol. The van der Waals surface area contributed by atoms with Crippen LogP contribution in [0.15, 0.2) is 42.5 Å². The van der Waals surface area contributed by atoms with Crippen molar-refractivity contribution in [1.29, 1.82) is 0 Å². The highest BCUT2D eigenvalue weighted by Gasteiger charge is 2.30. The molecule has 6 heteroatoms. The predicted octanol–water partition coefficient (Wildman–Crippen LogP) is 3.18. The maximum absolute atomic E-state index is 13.2. The minimum Gasteiger partial charge on any atom is -0.493 e. The molecule has 0 radical (unpaired) electrons. The third kappa shape index (κ3) is 4.39. The van der Waals surface area contributed by atoms with Crippen molar-refractivity contribution < 1.29 is 23.7 Å². The smallest absolute Gasteiger partial charge is 0.254 e. The van der Waals surface area contributed by atoms with Crippen molar-refractivity contribution in [2.75, 3.05) is 34.4 Å².